The lowest BCUT2D eigenvalue weighted by molar-refractivity contribution is -0.116. The number of para-hydroxylation sites is 1. The van der Waals surface area contributed by atoms with Crippen molar-refractivity contribution in [3.05, 3.63) is 47.6 Å². The van der Waals surface area contributed by atoms with Crippen molar-refractivity contribution in [2.75, 3.05) is 17.2 Å². The molecule has 0 radical (unpaired) electrons. The van der Waals surface area contributed by atoms with Crippen molar-refractivity contribution in [3.8, 4) is 0 Å². The molecular weight excluding hydrogens is 350 g/mol. The van der Waals surface area contributed by atoms with Crippen LogP contribution >= 0.6 is 34.7 Å². The highest BCUT2D eigenvalue weighted by atomic mass is 35.5. The first-order chi connectivity index (χ1) is 11.2. The van der Waals surface area contributed by atoms with E-state index in [0.717, 1.165) is 20.4 Å². The van der Waals surface area contributed by atoms with Gasteiger partial charge in [-0.2, -0.15) is 0 Å². The van der Waals surface area contributed by atoms with Gasteiger partial charge in [-0.15, -0.1) is 0 Å². The van der Waals surface area contributed by atoms with E-state index in [1.165, 1.54) is 23.1 Å². The molecular formula is C16H14ClN3OS2. The fourth-order valence-electron chi connectivity index (χ4n) is 2.06. The Balaban J connectivity index is 1.72. The minimum absolute atomic E-state index is 0.0216. The van der Waals surface area contributed by atoms with E-state index in [2.05, 4.69) is 9.97 Å². The van der Waals surface area contributed by atoms with Crippen LogP contribution in [0.5, 0.6) is 0 Å². The van der Waals surface area contributed by atoms with Crippen LogP contribution in [0.1, 0.15) is 6.92 Å². The maximum atomic E-state index is 12.5. The number of amides is 1. The number of thioether (sulfide) groups is 1. The standard InChI is InChI=1S/C16H14ClN3OS2/c1-2-20(16-19-12-5-3-4-6-13(12)23-16)15(21)10-22-14-8-7-11(17)9-18-14/h3-9H,2,10H2,1H3. The molecule has 118 valence electrons. The van der Waals surface area contributed by atoms with Gasteiger partial charge in [-0.05, 0) is 31.2 Å². The maximum Gasteiger partial charge on any atom is 0.239 e. The molecule has 0 atom stereocenters. The SMILES string of the molecule is CCN(C(=O)CSc1ccc(Cl)cn1)c1nc2ccccc2s1. The monoisotopic (exact) mass is 363 g/mol. The molecule has 0 saturated carbocycles. The van der Waals surface area contributed by atoms with Crippen LogP contribution < -0.4 is 4.90 Å². The smallest absolute Gasteiger partial charge is 0.239 e. The summed E-state index contributed by atoms with van der Waals surface area (Å²) in [7, 11) is 0. The summed E-state index contributed by atoms with van der Waals surface area (Å²) in [5.74, 6) is 0.339. The van der Waals surface area contributed by atoms with E-state index >= 15 is 0 Å². The number of hydrogen-bond acceptors (Lipinski definition) is 5. The van der Waals surface area contributed by atoms with E-state index in [4.69, 9.17) is 11.6 Å². The van der Waals surface area contributed by atoms with E-state index < -0.39 is 0 Å². The minimum atomic E-state index is 0.0216. The highest BCUT2D eigenvalue weighted by Crippen LogP contribution is 2.29. The molecule has 2 heterocycles. The fourth-order valence-corrected chi connectivity index (χ4v) is 3.93. The number of carbonyl (C=O) groups excluding carboxylic acids is 1. The number of anilines is 1. The molecule has 0 aliphatic heterocycles. The van der Waals surface area contributed by atoms with E-state index in [1.807, 2.05) is 37.3 Å². The summed E-state index contributed by atoms with van der Waals surface area (Å²) in [5.41, 5.74) is 0.922. The molecule has 23 heavy (non-hydrogen) atoms. The molecule has 0 aliphatic carbocycles. The number of nitrogens with zero attached hydrogens (tertiary/aromatic N) is 3. The van der Waals surface area contributed by atoms with Gasteiger partial charge in [-0.25, -0.2) is 9.97 Å². The van der Waals surface area contributed by atoms with Gasteiger partial charge in [0, 0.05) is 12.7 Å². The van der Waals surface area contributed by atoms with Gasteiger partial charge >= 0.3 is 0 Å². The first kappa shape index (κ1) is 16.2. The second-order valence-electron chi connectivity index (χ2n) is 4.71. The highest BCUT2D eigenvalue weighted by molar-refractivity contribution is 7.99. The van der Waals surface area contributed by atoms with Crippen LogP contribution in [0, 0.1) is 0 Å². The molecule has 0 fully saturated rings. The molecule has 0 spiro atoms. The van der Waals surface area contributed by atoms with Gasteiger partial charge in [0.25, 0.3) is 0 Å². The first-order valence-corrected chi connectivity index (χ1v) is 9.25. The largest absolute Gasteiger partial charge is 0.288 e. The quantitative estimate of drug-likeness (QED) is 0.626. The molecule has 0 bridgehead atoms. The molecule has 0 aliphatic rings. The normalized spacial score (nSPS) is 10.9. The zero-order valence-corrected chi connectivity index (χ0v) is 14.8. The number of hydrogen-bond donors (Lipinski definition) is 0. The lowest BCUT2D eigenvalue weighted by atomic mass is 10.3. The van der Waals surface area contributed by atoms with Gasteiger partial charge in [-0.1, -0.05) is 46.8 Å². The summed E-state index contributed by atoms with van der Waals surface area (Å²) < 4.78 is 1.08. The predicted octanol–water partition coefficient (Wildman–Crippen LogP) is 4.49. The Morgan fingerprint density at radius 1 is 1.30 bits per heavy atom. The van der Waals surface area contributed by atoms with Crippen LogP contribution in [0.4, 0.5) is 5.13 Å². The van der Waals surface area contributed by atoms with Crippen LogP contribution in [0.15, 0.2) is 47.6 Å². The third-order valence-corrected chi connectivity index (χ3v) is 5.39. The summed E-state index contributed by atoms with van der Waals surface area (Å²) in [6.45, 7) is 2.54. The van der Waals surface area contributed by atoms with Gasteiger partial charge in [0.05, 0.1) is 26.0 Å². The Morgan fingerprint density at radius 2 is 2.13 bits per heavy atom. The van der Waals surface area contributed by atoms with Crippen LogP contribution in [-0.2, 0) is 4.79 Å². The average molecular weight is 364 g/mol. The predicted molar refractivity (Wildman–Crippen MR) is 97.6 cm³/mol. The maximum absolute atomic E-state index is 12.5. The van der Waals surface area contributed by atoms with Crippen molar-refractivity contribution in [2.24, 2.45) is 0 Å². The molecule has 2 aromatic heterocycles. The number of rotatable bonds is 5. The number of pyridine rings is 1. The van der Waals surface area contributed by atoms with Crippen LogP contribution in [0.2, 0.25) is 5.02 Å². The van der Waals surface area contributed by atoms with E-state index in [9.17, 15) is 4.79 Å². The second kappa shape index (κ2) is 7.29. The van der Waals surface area contributed by atoms with Crippen LogP contribution in [-0.4, -0.2) is 28.2 Å². The number of aromatic nitrogens is 2. The van der Waals surface area contributed by atoms with Crippen molar-refractivity contribution in [1.29, 1.82) is 0 Å². The van der Waals surface area contributed by atoms with Crippen molar-refractivity contribution in [1.82, 2.24) is 9.97 Å². The van der Waals surface area contributed by atoms with Gasteiger partial charge in [0.15, 0.2) is 5.13 Å². The van der Waals surface area contributed by atoms with Crippen molar-refractivity contribution in [2.45, 2.75) is 11.9 Å². The van der Waals surface area contributed by atoms with E-state index in [1.54, 1.807) is 17.2 Å². The zero-order valence-electron chi connectivity index (χ0n) is 12.4. The first-order valence-electron chi connectivity index (χ1n) is 7.07. The number of thiazole rings is 1. The van der Waals surface area contributed by atoms with Crippen molar-refractivity contribution < 1.29 is 4.79 Å². The third kappa shape index (κ3) is 3.83. The topological polar surface area (TPSA) is 46.1 Å². The zero-order chi connectivity index (χ0) is 16.2. The molecule has 4 nitrogen and oxygen atoms in total. The summed E-state index contributed by atoms with van der Waals surface area (Å²) >= 11 is 8.74. The number of halogens is 1. The summed E-state index contributed by atoms with van der Waals surface area (Å²) in [5, 5.41) is 2.11. The van der Waals surface area contributed by atoms with Crippen molar-refractivity contribution in [3.63, 3.8) is 0 Å². The molecule has 0 N–H and O–H groups in total. The number of fused-ring (bicyclic) bond motifs is 1. The molecule has 0 unspecified atom stereocenters. The number of carbonyl (C=O) groups is 1. The lowest BCUT2D eigenvalue weighted by Gasteiger charge is -2.17. The fraction of sp³-hybridized carbons (Fsp3) is 0.188. The Kier molecular flexibility index (Phi) is 5.15. The molecule has 1 aromatic carbocycles. The molecule has 0 saturated heterocycles. The van der Waals surface area contributed by atoms with Crippen LogP contribution in [0.3, 0.4) is 0 Å². The minimum Gasteiger partial charge on any atom is -0.288 e. The summed E-state index contributed by atoms with van der Waals surface area (Å²) in [4.78, 5) is 23.0. The van der Waals surface area contributed by atoms with Gasteiger partial charge in [-0.3, -0.25) is 9.69 Å². The Bertz CT molecular complexity index is 787. The Labute approximate surface area is 147 Å². The molecule has 3 aromatic rings. The Morgan fingerprint density at radius 3 is 2.83 bits per heavy atom. The van der Waals surface area contributed by atoms with E-state index in [0.29, 0.717) is 17.3 Å². The van der Waals surface area contributed by atoms with Gasteiger partial charge in [0.2, 0.25) is 5.91 Å². The van der Waals surface area contributed by atoms with Crippen LogP contribution in [0.25, 0.3) is 10.2 Å². The van der Waals surface area contributed by atoms with E-state index in [-0.39, 0.29) is 5.91 Å². The van der Waals surface area contributed by atoms with Crippen molar-refractivity contribution >= 4 is 56.0 Å². The summed E-state index contributed by atoms with van der Waals surface area (Å²) in [6, 6.07) is 11.5. The third-order valence-electron chi connectivity index (χ3n) is 3.17. The molecule has 3 rings (SSSR count). The number of benzene rings is 1. The van der Waals surface area contributed by atoms with Gasteiger partial charge < -0.3 is 0 Å². The molecule has 1 amide bonds. The van der Waals surface area contributed by atoms with Gasteiger partial charge in [0.1, 0.15) is 0 Å². The molecule has 7 heteroatoms. The Hall–Kier alpha value is -1.63. The second-order valence-corrected chi connectivity index (χ2v) is 7.15. The highest BCUT2D eigenvalue weighted by Gasteiger charge is 2.18. The average Bonchev–Trinajstić information content (AvgIpc) is 2.98. The lowest BCUT2D eigenvalue weighted by Crippen LogP contribution is -2.32. The summed E-state index contributed by atoms with van der Waals surface area (Å²) in [6.07, 6.45) is 1.58.